The van der Waals surface area contributed by atoms with E-state index in [0.717, 1.165) is 19.3 Å². The maximum atomic E-state index is 11.6. The van der Waals surface area contributed by atoms with E-state index in [4.69, 9.17) is 0 Å². The SMILES string of the molecule is C[C@@H]1C[C@H]1NC(=O)[C@@H]1CC[C@@H](O)C1. The lowest BCUT2D eigenvalue weighted by molar-refractivity contribution is -0.125. The molecule has 0 saturated heterocycles. The first-order chi connectivity index (χ1) is 6.16. The van der Waals surface area contributed by atoms with Crippen molar-refractivity contribution in [1.29, 1.82) is 0 Å². The van der Waals surface area contributed by atoms with Crippen LogP contribution in [0, 0.1) is 11.8 Å². The minimum absolute atomic E-state index is 0.0720. The zero-order chi connectivity index (χ0) is 9.42. The fourth-order valence-electron chi connectivity index (χ4n) is 2.02. The molecular formula is C10H17NO2. The van der Waals surface area contributed by atoms with Gasteiger partial charge < -0.3 is 10.4 Å². The molecule has 0 spiro atoms. The van der Waals surface area contributed by atoms with Crippen LogP contribution in [-0.4, -0.2) is 23.2 Å². The monoisotopic (exact) mass is 183 g/mol. The molecule has 2 fully saturated rings. The fourth-order valence-corrected chi connectivity index (χ4v) is 2.02. The molecule has 74 valence electrons. The van der Waals surface area contributed by atoms with Crippen molar-refractivity contribution in [2.24, 2.45) is 11.8 Å². The predicted octanol–water partition coefficient (Wildman–Crippen LogP) is 0.672. The minimum Gasteiger partial charge on any atom is -0.393 e. The topological polar surface area (TPSA) is 49.3 Å². The van der Waals surface area contributed by atoms with E-state index < -0.39 is 0 Å². The fraction of sp³-hybridized carbons (Fsp3) is 0.900. The average molecular weight is 183 g/mol. The third-order valence-electron chi connectivity index (χ3n) is 3.21. The van der Waals surface area contributed by atoms with Crippen LogP contribution >= 0.6 is 0 Å². The lowest BCUT2D eigenvalue weighted by atomic mass is 10.1. The molecule has 0 aliphatic heterocycles. The molecule has 0 unspecified atom stereocenters. The van der Waals surface area contributed by atoms with Gasteiger partial charge in [-0.15, -0.1) is 0 Å². The van der Waals surface area contributed by atoms with Gasteiger partial charge >= 0.3 is 0 Å². The maximum absolute atomic E-state index is 11.6. The Kier molecular flexibility index (Phi) is 2.28. The van der Waals surface area contributed by atoms with Gasteiger partial charge in [-0.3, -0.25) is 4.79 Å². The highest BCUT2D eigenvalue weighted by Gasteiger charge is 2.37. The Labute approximate surface area is 78.5 Å². The second-order valence-electron chi connectivity index (χ2n) is 4.49. The van der Waals surface area contributed by atoms with Crippen molar-refractivity contribution >= 4 is 5.91 Å². The van der Waals surface area contributed by atoms with Crippen LogP contribution in [0.25, 0.3) is 0 Å². The minimum atomic E-state index is -0.243. The molecule has 4 atom stereocenters. The van der Waals surface area contributed by atoms with Gasteiger partial charge in [0.2, 0.25) is 5.91 Å². The molecule has 0 heterocycles. The first-order valence-corrected chi connectivity index (χ1v) is 5.15. The van der Waals surface area contributed by atoms with Crippen molar-refractivity contribution in [2.45, 2.75) is 44.8 Å². The number of hydrogen-bond donors (Lipinski definition) is 2. The molecule has 2 rings (SSSR count). The summed E-state index contributed by atoms with van der Waals surface area (Å²) < 4.78 is 0. The van der Waals surface area contributed by atoms with Crippen LogP contribution in [0.4, 0.5) is 0 Å². The molecule has 0 aromatic rings. The van der Waals surface area contributed by atoms with E-state index in [9.17, 15) is 9.90 Å². The zero-order valence-electron chi connectivity index (χ0n) is 7.99. The van der Waals surface area contributed by atoms with Crippen LogP contribution in [0.15, 0.2) is 0 Å². The molecule has 2 saturated carbocycles. The van der Waals surface area contributed by atoms with E-state index in [1.807, 2.05) is 0 Å². The zero-order valence-corrected chi connectivity index (χ0v) is 7.99. The molecule has 0 bridgehead atoms. The Balaban J connectivity index is 1.77. The molecular weight excluding hydrogens is 166 g/mol. The second-order valence-corrected chi connectivity index (χ2v) is 4.49. The summed E-state index contributed by atoms with van der Waals surface area (Å²) in [6.45, 7) is 2.15. The summed E-state index contributed by atoms with van der Waals surface area (Å²) in [6, 6.07) is 0.422. The van der Waals surface area contributed by atoms with Gasteiger partial charge in [-0.2, -0.15) is 0 Å². The van der Waals surface area contributed by atoms with Crippen LogP contribution in [0.2, 0.25) is 0 Å². The van der Waals surface area contributed by atoms with E-state index in [2.05, 4.69) is 12.2 Å². The van der Waals surface area contributed by atoms with Crippen molar-refractivity contribution in [1.82, 2.24) is 5.32 Å². The van der Waals surface area contributed by atoms with E-state index in [0.29, 0.717) is 18.4 Å². The lowest BCUT2D eigenvalue weighted by Gasteiger charge is -2.09. The summed E-state index contributed by atoms with van der Waals surface area (Å²) in [4.78, 5) is 11.6. The van der Waals surface area contributed by atoms with Crippen LogP contribution in [0.5, 0.6) is 0 Å². The van der Waals surface area contributed by atoms with Gasteiger partial charge in [0, 0.05) is 12.0 Å². The highest BCUT2D eigenvalue weighted by Crippen LogP contribution is 2.31. The number of aliphatic hydroxyl groups excluding tert-OH is 1. The first kappa shape index (κ1) is 9.00. The number of hydrogen-bond acceptors (Lipinski definition) is 2. The number of carbonyl (C=O) groups is 1. The first-order valence-electron chi connectivity index (χ1n) is 5.15. The molecule has 0 aromatic heterocycles. The van der Waals surface area contributed by atoms with Gasteiger partial charge in [-0.25, -0.2) is 0 Å². The Morgan fingerprint density at radius 1 is 1.38 bits per heavy atom. The summed E-state index contributed by atoms with van der Waals surface area (Å²) in [6.07, 6.45) is 3.19. The van der Waals surface area contributed by atoms with Crippen molar-refractivity contribution in [2.75, 3.05) is 0 Å². The highest BCUT2D eigenvalue weighted by molar-refractivity contribution is 5.79. The number of rotatable bonds is 2. The normalized spacial score (nSPS) is 43.2. The van der Waals surface area contributed by atoms with Crippen molar-refractivity contribution in [3.63, 3.8) is 0 Å². The average Bonchev–Trinajstić information content (AvgIpc) is 2.62. The lowest BCUT2D eigenvalue weighted by Crippen LogP contribution is -2.32. The molecule has 2 N–H and O–H groups in total. The van der Waals surface area contributed by atoms with E-state index >= 15 is 0 Å². The van der Waals surface area contributed by atoms with Crippen LogP contribution in [0.1, 0.15) is 32.6 Å². The molecule has 0 aromatic carbocycles. The standard InChI is InChI=1S/C10H17NO2/c1-6-4-9(6)11-10(13)7-2-3-8(12)5-7/h6-9,12H,2-5H2,1H3,(H,11,13)/t6-,7-,8-,9-/m1/s1. The van der Waals surface area contributed by atoms with Gasteiger partial charge in [0.1, 0.15) is 0 Å². The van der Waals surface area contributed by atoms with Gasteiger partial charge in [0.25, 0.3) is 0 Å². The van der Waals surface area contributed by atoms with Crippen LogP contribution < -0.4 is 5.32 Å². The molecule has 2 aliphatic carbocycles. The Morgan fingerprint density at radius 3 is 2.54 bits per heavy atom. The smallest absolute Gasteiger partial charge is 0.223 e. The predicted molar refractivity (Wildman–Crippen MR) is 49.1 cm³/mol. The van der Waals surface area contributed by atoms with Gasteiger partial charge in [-0.1, -0.05) is 6.92 Å². The van der Waals surface area contributed by atoms with Crippen LogP contribution in [-0.2, 0) is 4.79 Å². The van der Waals surface area contributed by atoms with E-state index in [-0.39, 0.29) is 17.9 Å². The van der Waals surface area contributed by atoms with E-state index in [1.165, 1.54) is 0 Å². The van der Waals surface area contributed by atoms with Gasteiger partial charge in [0.05, 0.1) is 6.10 Å². The van der Waals surface area contributed by atoms with Gasteiger partial charge in [-0.05, 0) is 31.6 Å². The van der Waals surface area contributed by atoms with Crippen molar-refractivity contribution in [3.05, 3.63) is 0 Å². The summed E-state index contributed by atoms with van der Waals surface area (Å²) >= 11 is 0. The summed E-state index contributed by atoms with van der Waals surface area (Å²) in [5.74, 6) is 0.893. The summed E-state index contributed by atoms with van der Waals surface area (Å²) in [5.41, 5.74) is 0. The summed E-state index contributed by atoms with van der Waals surface area (Å²) in [7, 11) is 0. The number of aliphatic hydroxyl groups is 1. The molecule has 13 heavy (non-hydrogen) atoms. The quantitative estimate of drug-likeness (QED) is 0.661. The third kappa shape index (κ3) is 2.02. The van der Waals surface area contributed by atoms with Crippen LogP contribution in [0.3, 0.4) is 0 Å². The Bertz CT molecular complexity index is 217. The Morgan fingerprint density at radius 2 is 2.08 bits per heavy atom. The van der Waals surface area contributed by atoms with Crippen molar-refractivity contribution < 1.29 is 9.90 Å². The number of carbonyl (C=O) groups excluding carboxylic acids is 1. The highest BCUT2D eigenvalue weighted by atomic mass is 16.3. The molecule has 0 radical (unpaired) electrons. The Hall–Kier alpha value is -0.570. The molecule has 2 aliphatic rings. The third-order valence-corrected chi connectivity index (χ3v) is 3.21. The molecule has 1 amide bonds. The van der Waals surface area contributed by atoms with Crippen molar-refractivity contribution in [3.8, 4) is 0 Å². The van der Waals surface area contributed by atoms with E-state index in [1.54, 1.807) is 0 Å². The number of nitrogens with one attached hydrogen (secondary N) is 1. The summed E-state index contributed by atoms with van der Waals surface area (Å²) in [5, 5.41) is 12.3. The number of amides is 1. The largest absolute Gasteiger partial charge is 0.393 e. The second kappa shape index (κ2) is 3.29. The van der Waals surface area contributed by atoms with Gasteiger partial charge in [0.15, 0.2) is 0 Å². The molecule has 3 heteroatoms. The molecule has 3 nitrogen and oxygen atoms in total. The maximum Gasteiger partial charge on any atom is 0.223 e.